The number of carbonyl (C=O) groups excluding carboxylic acids is 2. The molecule has 2 unspecified atom stereocenters. The van der Waals surface area contributed by atoms with Crippen molar-refractivity contribution >= 4 is 30.9 Å². The van der Waals surface area contributed by atoms with E-state index in [9.17, 15) is 29.2 Å². The largest absolute Gasteiger partial charge is 0.479 e. The van der Waals surface area contributed by atoms with Gasteiger partial charge in [0.25, 0.3) is 5.91 Å². The number of carbonyl (C=O) groups is 4. The number of benzene rings is 1. The van der Waals surface area contributed by atoms with Crippen molar-refractivity contribution < 1.29 is 49.7 Å². The monoisotopic (exact) mass is 534 g/mol. The Morgan fingerprint density at radius 2 is 1.50 bits per heavy atom. The summed E-state index contributed by atoms with van der Waals surface area (Å²) >= 11 is 0. The van der Waals surface area contributed by atoms with Gasteiger partial charge in [-0.25, -0.2) is 14.6 Å². The van der Waals surface area contributed by atoms with Gasteiger partial charge in [0.2, 0.25) is 5.91 Å². The summed E-state index contributed by atoms with van der Waals surface area (Å²) in [5.74, 6) is -5.26. The molecule has 0 saturated carbocycles. The van der Waals surface area contributed by atoms with Crippen molar-refractivity contribution in [3.05, 3.63) is 60.2 Å². The SMILES string of the molecule is CC(C)C[C@H](NC(=O)[C@H](Cc1ccccc1)NC(=O)c1cnccn1)B(O)O.O=C(O)C(O)C(O)C(=O)O. The minimum absolute atomic E-state index is 0.0919. The number of hydrogen-bond donors (Lipinski definition) is 8. The third-order valence-electron chi connectivity index (χ3n) is 4.92. The average molecular weight is 534 g/mol. The molecule has 2 aromatic rings. The zero-order chi connectivity index (χ0) is 28.8. The van der Waals surface area contributed by atoms with Crippen molar-refractivity contribution in [1.82, 2.24) is 20.6 Å². The highest BCUT2D eigenvalue weighted by Gasteiger charge is 2.31. The van der Waals surface area contributed by atoms with Crippen LogP contribution in [0.15, 0.2) is 48.9 Å². The second-order valence-electron chi connectivity index (χ2n) is 8.53. The van der Waals surface area contributed by atoms with Crippen LogP contribution in [0.5, 0.6) is 0 Å². The molecule has 15 heteroatoms. The van der Waals surface area contributed by atoms with Gasteiger partial charge in [-0.2, -0.15) is 0 Å². The molecule has 2 amide bonds. The predicted molar refractivity (Wildman–Crippen MR) is 132 cm³/mol. The molecule has 0 radical (unpaired) electrons. The first-order valence-electron chi connectivity index (χ1n) is 11.4. The van der Waals surface area contributed by atoms with Crippen LogP contribution in [0.2, 0.25) is 0 Å². The number of aliphatic hydroxyl groups excluding tert-OH is 2. The van der Waals surface area contributed by atoms with E-state index in [0.717, 1.165) is 5.56 Å². The summed E-state index contributed by atoms with van der Waals surface area (Å²) in [6, 6.07) is 8.33. The van der Waals surface area contributed by atoms with Gasteiger partial charge in [0.15, 0.2) is 12.2 Å². The normalized spacial score (nSPS) is 13.7. The Morgan fingerprint density at radius 1 is 0.921 bits per heavy atom. The fourth-order valence-corrected chi connectivity index (χ4v) is 3.02. The first-order valence-corrected chi connectivity index (χ1v) is 11.4. The number of carboxylic acids is 2. The number of aliphatic carboxylic acids is 2. The molecule has 1 aromatic heterocycles. The van der Waals surface area contributed by atoms with Gasteiger partial charge in [0, 0.05) is 18.8 Å². The maximum Gasteiger partial charge on any atom is 0.475 e. The highest BCUT2D eigenvalue weighted by Crippen LogP contribution is 2.09. The number of hydrogen-bond acceptors (Lipinski definition) is 10. The minimum atomic E-state index is -2.27. The first kappa shape index (κ1) is 32.1. The van der Waals surface area contributed by atoms with E-state index in [0.29, 0.717) is 6.42 Å². The van der Waals surface area contributed by atoms with Crippen LogP contribution in [0.4, 0.5) is 0 Å². The number of amides is 2. The second kappa shape index (κ2) is 16.0. The molecule has 1 aromatic carbocycles. The molecule has 0 bridgehead atoms. The van der Waals surface area contributed by atoms with Crippen LogP contribution in [0.1, 0.15) is 36.3 Å². The lowest BCUT2D eigenvalue weighted by atomic mass is 9.75. The van der Waals surface area contributed by atoms with E-state index in [-0.39, 0.29) is 18.0 Å². The average Bonchev–Trinajstić information content (AvgIpc) is 2.87. The van der Waals surface area contributed by atoms with Gasteiger partial charge in [0.05, 0.1) is 12.1 Å². The van der Waals surface area contributed by atoms with Crippen LogP contribution in [-0.2, 0) is 20.8 Å². The Balaban J connectivity index is 0.000000612. The Hall–Kier alpha value is -3.92. The topological polar surface area (TPSA) is 239 Å². The zero-order valence-electron chi connectivity index (χ0n) is 20.7. The Labute approximate surface area is 218 Å². The molecule has 1 heterocycles. The van der Waals surface area contributed by atoms with Crippen LogP contribution < -0.4 is 10.6 Å². The molecule has 0 saturated heterocycles. The van der Waals surface area contributed by atoms with Gasteiger partial charge in [-0.15, -0.1) is 0 Å². The third-order valence-corrected chi connectivity index (χ3v) is 4.92. The lowest BCUT2D eigenvalue weighted by Gasteiger charge is -2.24. The van der Waals surface area contributed by atoms with E-state index in [4.69, 9.17) is 20.4 Å². The minimum Gasteiger partial charge on any atom is -0.479 e. The molecule has 0 aliphatic rings. The van der Waals surface area contributed by atoms with E-state index in [1.807, 2.05) is 44.2 Å². The summed E-state index contributed by atoms with van der Waals surface area (Å²) < 4.78 is 0. The quantitative estimate of drug-likeness (QED) is 0.141. The van der Waals surface area contributed by atoms with E-state index in [2.05, 4.69) is 20.6 Å². The molecule has 206 valence electrons. The van der Waals surface area contributed by atoms with E-state index >= 15 is 0 Å². The predicted octanol–water partition coefficient (Wildman–Crippen LogP) is -1.76. The lowest BCUT2D eigenvalue weighted by molar-refractivity contribution is -0.165. The summed E-state index contributed by atoms with van der Waals surface area (Å²) in [5, 5.41) is 57.0. The number of aliphatic hydroxyl groups is 2. The molecule has 14 nitrogen and oxygen atoms in total. The zero-order valence-corrected chi connectivity index (χ0v) is 20.7. The van der Waals surface area contributed by atoms with Crippen molar-refractivity contribution in [2.45, 2.75) is 50.9 Å². The second-order valence-corrected chi connectivity index (χ2v) is 8.53. The lowest BCUT2D eigenvalue weighted by Crippen LogP contribution is -2.55. The van der Waals surface area contributed by atoms with Crippen molar-refractivity contribution in [2.24, 2.45) is 5.92 Å². The van der Waals surface area contributed by atoms with Gasteiger partial charge < -0.3 is 41.1 Å². The van der Waals surface area contributed by atoms with Crippen LogP contribution >= 0.6 is 0 Å². The molecule has 0 fully saturated rings. The smallest absolute Gasteiger partial charge is 0.475 e. The third kappa shape index (κ3) is 11.4. The fraction of sp³-hybridized carbons (Fsp3) is 0.391. The summed E-state index contributed by atoms with van der Waals surface area (Å²) in [7, 11) is -1.69. The van der Waals surface area contributed by atoms with Gasteiger partial charge >= 0.3 is 19.1 Å². The summed E-state index contributed by atoms with van der Waals surface area (Å²) in [6.07, 6.45) is 0.251. The maximum absolute atomic E-state index is 12.8. The maximum atomic E-state index is 12.8. The molecular formula is C23H31BN4O10. The van der Waals surface area contributed by atoms with Crippen LogP contribution in [0.3, 0.4) is 0 Å². The number of rotatable bonds is 12. The van der Waals surface area contributed by atoms with Crippen molar-refractivity contribution in [3.63, 3.8) is 0 Å². The van der Waals surface area contributed by atoms with Gasteiger partial charge in [-0.05, 0) is 17.9 Å². The Kier molecular flexibility index (Phi) is 13.6. The van der Waals surface area contributed by atoms with Crippen molar-refractivity contribution in [3.8, 4) is 0 Å². The first-order chi connectivity index (χ1) is 17.8. The molecule has 38 heavy (non-hydrogen) atoms. The molecule has 0 spiro atoms. The number of nitrogens with one attached hydrogen (secondary N) is 2. The number of aromatic nitrogens is 2. The highest BCUT2D eigenvalue weighted by molar-refractivity contribution is 6.43. The van der Waals surface area contributed by atoms with Crippen molar-refractivity contribution in [2.75, 3.05) is 0 Å². The molecule has 0 aliphatic heterocycles. The van der Waals surface area contributed by atoms with Crippen LogP contribution in [-0.4, -0.2) is 95.5 Å². The fourth-order valence-electron chi connectivity index (χ4n) is 3.02. The standard InChI is InChI=1S/C19H25BN4O4.C4H6O6/c1-13(2)10-17(20(27)28)24-18(25)15(11-14-6-4-3-5-7-14)23-19(26)16-12-21-8-9-22-16;5-1(3(7)8)2(6)4(9)10/h3-9,12-13,15,17,27-28H,10-11H2,1-2H3,(H,23,26)(H,24,25);1-2,5-6H,(H,7,8)(H,9,10)/t15-,17-;/m0./s1. The highest BCUT2D eigenvalue weighted by atomic mass is 16.4. The summed E-state index contributed by atoms with van der Waals surface area (Å²) in [5.41, 5.74) is 0.946. The summed E-state index contributed by atoms with van der Waals surface area (Å²) in [6.45, 7) is 3.83. The van der Waals surface area contributed by atoms with Crippen LogP contribution in [0.25, 0.3) is 0 Å². The van der Waals surface area contributed by atoms with Crippen molar-refractivity contribution in [1.29, 1.82) is 0 Å². The van der Waals surface area contributed by atoms with E-state index in [1.54, 1.807) is 0 Å². The van der Waals surface area contributed by atoms with Gasteiger partial charge in [-0.3, -0.25) is 14.6 Å². The molecule has 8 N–H and O–H groups in total. The molecule has 0 aliphatic carbocycles. The van der Waals surface area contributed by atoms with Gasteiger partial charge in [0.1, 0.15) is 11.7 Å². The van der Waals surface area contributed by atoms with E-state index in [1.165, 1.54) is 18.6 Å². The summed E-state index contributed by atoms with van der Waals surface area (Å²) in [4.78, 5) is 52.6. The molecule has 4 atom stereocenters. The van der Waals surface area contributed by atoms with E-state index < -0.39 is 55.1 Å². The Morgan fingerprint density at radius 3 is 1.95 bits per heavy atom. The molecule has 2 rings (SSSR count). The number of carboxylic acid groups (broad SMARTS) is 2. The van der Waals surface area contributed by atoms with Gasteiger partial charge in [-0.1, -0.05) is 44.2 Å². The molecular weight excluding hydrogens is 503 g/mol. The Bertz CT molecular complexity index is 1030. The van der Waals surface area contributed by atoms with Crippen LogP contribution in [0, 0.1) is 5.92 Å². The number of nitrogens with zero attached hydrogens (tertiary/aromatic N) is 2.